The monoisotopic (exact) mass is 202 g/mol. The Bertz CT molecular complexity index is 379. The SMILES string of the molecule is CCCNC(=O)c1ccccc1CC#N. The van der Waals surface area contributed by atoms with Crippen molar-refractivity contribution in [3.63, 3.8) is 0 Å². The van der Waals surface area contributed by atoms with Gasteiger partial charge in [-0.05, 0) is 18.1 Å². The number of carbonyl (C=O) groups is 1. The Labute approximate surface area is 89.7 Å². The first-order chi connectivity index (χ1) is 7.29. The maximum atomic E-state index is 11.7. The minimum Gasteiger partial charge on any atom is -0.352 e. The zero-order chi connectivity index (χ0) is 11.1. The number of rotatable bonds is 4. The molecule has 0 heterocycles. The predicted molar refractivity (Wildman–Crippen MR) is 58.4 cm³/mol. The maximum absolute atomic E-state index is 11.7. The molecule has 1 amide bonds. The Hall–Kier alpha value is -1.82. The first kappa shape index (κ1) is 11.3. The lowest BCUT2D eigenvalue weighted by molar-refractivity contribution is 0.0953. The van der Waals surface area contributed by atoms with Gasteiger partial charge in [-0.2, -0.15) is 5.26 Å². The third-order valence-corrected chi connectivity index (χ3v) is 2.07. The molecule has 15 heavy (non-hydrogen) atoms. The van der Waals surface area contributed by atoms with Gasteiger partial charge in [0, 0.05) is 12.1 Å². The van der Waals surface area contributed by atoms with Crippen LogP contribution in [0.3, 0.4) is 0 Å². The average Bonchev–Trinajstić information content (AvgIpc) is 2.27. The summed E-state index contributed by atoms with van der Waals surface area (Å²) in [6.45, 7) is 2.67. The summed E-state index contributed by atoms with van der Waals surface area (Å²) in [6, 6.07) is 9.26. The molecule has 0 spiro atoms. The molecule has 78 valence electrons. The summed E-state index contributed by atoms with van der Waals surface area (Å²) in [5, 5.41) is 11.4. The van der Waals surface area contributed by atoms with E-state index in [1.54, 1.807) is 6.07 Å². The quantitative estimate of drug-likeness (QED) is 0.810. The van der Waals surface area contributed by atoms with Crippen LogP contribution in [0.4, 0.5) is 0 Å². The third kappa shape index (κ3) is 3.10. The zero-order valence-corrected chi connectivity index (χ0v) is 8.79. The summed E-state index contributed by atoms with van der Waals surface area (Å²) in [5.41, 5.74) is 1.39. The molecule has 0 saturated heterocycles. The van der Waals surface area contributed by atoms with Crippen LogP contribution in [0.2, 0.25) is 0 Å². The highest BCUT2D eigenvalue weighted by Gasteiger charge is 2.08. The summed E-state index contributed by atoms with van der Waals surface area (Å²) < 4.78 is 0. The van der Waals surface area contributed by atoms with E-state index in [2.05, 4.69) is 11.4 Å². The Morgan fingerprint density at radius 1 is 1.47 bits per heavy atom. The smallest absolute Gasteiger partial charge is 0.251 e. The first-order valence-corrected chi connectivity index (χ1v) is 5.02. The van der Waals surface area contributed by atoms with Crippen LogP contribution in [0.5, 0.6) is 0 Å². The fraction of sp³-hybridized carbons (Fsp3) is 0.333. The molecule has 1 aromatic rings. The van der Waals surface area contributed by atoms with Crippen molar-refractivity contribution < 1.29 is 4.79 Å². The second-order valence-corrected chi connectivity index (χ2v) is 3.25. The molecule has 0 aromatic heterocycles. The van der Waals surface area contributed by atoms with Crippen molar-refractivity contribution in [3.05, 3.63) is 35.4 Å². The van der Waals surface area contributed by atoms with Gasteiger partial charge in [0.05, 0.1) is 12.5 Å². The Balaban J connectivity index is 2.83. The molecule has 3 nitrogen and oxygen atoms in total. The molecule has 0 radical (unpaired) electrons. The van der Waals surface area contributed by atoms with Gasteiger partial charge in [0.2, 0.25) is 0 Å². The number of carbonyl (C=O) groups excluding carboxylic acids is 1. The molecule has 0 aliphatic rings. The number of nitriles is 1. The molecule has 0 saturated carbocycles. The largest absolute Gasteiger partial charge is 0.352 e. The third-order valence-electron chi connectivity index (χ3n) is 2.07. The van der Waals surface area contributed by atoms with Gasteiger partial charge in [-0.3, -0.25) is 4.79 Å². The van der Waals surface area contributed by atoms with Gasteiger partial charge in [0.25, 0.3) is 5.91 Å². The average molecular weight is 202 g/mol. The zero-order valence-electron chi connectivity index (χ0n) is 8.79. The van der Waals surface area contributed by atoms with E-state index in [9.17, 15) is 4.79 Å². The highest BCUT2D eigenvalue weighted by atomic mass is 16.1. The molecule has 1 aromatic carbocycles. The summed E-state index contributed by atoms with van der Waals surface area (Å²) >= 11 is 0. The van der Waals surface area contributed by atoms with Crippen LogP contribution >= 0.6 is 0 Å². The van der Waals surface area contributed by atoms with Crippen molar-refractivity contribution in [3.8, 4) is 6.07 Å². The van der Waals surface area contributed by atoms with Crippen LogP contribution in [-0.2, 0) is 6.42 Å². The number of benzene rings is 1. The Kier molecular flexibility index (Phi) is 4.36. The lowest BCUT2D eigenvalue weighted by Gasteiger charge is -2.06. The summed E-state index contributed by atoms with van der Waals surface area (Å²) in [4.78, 5) is 11.7. The second kappa shape index (κ2) is 5.82. The lowest BCUT2D eigenvalue weighted by Crippen LogP contribution is -2.25. The standard InChI is InChI=1S/C12H14N2O/c1-2-9-14-12(15)11-6-4-3-5-10(11)7-8-13/h3-6H,2,7,9H2,1H3,(H,14,15). The maximum Gasteiger partial charge on any atom is 0.251 e. The van der Waals surface area contributed by atoms with Crippen LogP contribution in [0.25, 0.3) is 0 Å². The van der Waals surface area contributed by atoms with Crippen molar-refractivity contribution in [2.75, 3.05) is 6.54 Å². The van der Waals surface area contributed by atoms with Crippen molar-refractivity contribution in [1.82, 2.24) is 5.32 Å². The van der Waals surface area contributed by atoms with Crippen LogP contribution in [0.1, 0.15) is 29.3 Å². The normalized spacial score (nSPS) is 9.33. The van der Waals surface area contributed by atoms with Crippen LogP contribution in [0.15, 0.2) is 24.3 Å². The number of hydrogen-bond acceptors (Lipinski definition) is 2. The number of nitrogens with zero attached hydrogens (tertiary/aromatic N) is 1. The van der Waals surface area contributed by atoms with Crippen molar-refractivity contribution >= 4 is 5.91 Å². The number of hydrogen-bond donors (Lipinski definition) is 1. The summed E-state index contributed by atoms with van der Waals surface area (Å²) in [5.74, 6) is -0.0947. The van der Waals surface area contributed by atoms with Crippen molar-refractivity contribution in [2.45, 2.75) is 19.8 Å². The number of amides is 1. The molecule has 3 heteroatoms. The van der Waals surface area contributed by atoms with E-state index < -0.39 is 0 Å². The highest BCUT2D eigenvalue weighted by molar-refractivity contribution is 5.95. The molecule has 0 aliphatic heterocycles. The van der Waals surface area contributed by atoms with Gasteiger partial charge in [-0.25, -0.2) is 0 Å². The van der Waals surface area contributed by atoms with E-state index in [-0.39, 0.29) is 12.3 Å². The van der Waals surface area contributed by atoms with E-state index in [1.807, 2.05) is 25.1 Å². The second-order valence-electron chi connectivity index (χ2n) is 3.25. The molecule has 1 N–H and O–H groups in total. The molecule has 1 rings (SSSR count). The van der Waals surface area contributed by atoms with Crippen molar-refractivity contribution in [2.24, 2.45) is 0 Å². The van der Waals surface area contributed by atoms with Gasteiger partial charge in [0.15, 0.2) is 0 Å². The van der Waals surface area contributed by atoms with Gasteiger partial charge >= 0.3 is 0 Å². The Morgan fingerprint density at radius 3 is 2.87 bits per heavy atom. The van der Waals surface area contributed by atoms with E-state index >= 15 is 0 Å². The van der Waals surface area contributed by atoms with Crippen LogP contribution in [0, 0.1) is 11.3 Å². The predicted octanol–water partition coefficient (Wildman–Crippen LogP) is 1.89. The minimum absolute atomic E-state index is 0.0947. The van der Waals surface area contributed by atoms with Gasteiger partial charge < -0.3 is 5.32 Å². The van der Waals surface area contributed by atoms with E-state index in [4.69, 9.17) is 5.26 Å². The number of nitrogens with one attached hydrogen (secondary N) is 1. The van der Waals surface area contributed by atoms with Crippen LogP contribution < -0.4 is 5.32 Å². The van der Waals surface area contributed by atoms with Crippen molar-refractivity contribution in [1.29, 1.82) is 5.26 Å². The molecular weight excluding hydrogens is 188 g/mol. The fourth-order valence-corrected chi connectivity index (χ4v) is 1.31. The van der Waals surface area contributed by atoms with E-state index in [0.717, 1.165) is 12.0 Å². The van der Waals surface area contributed by atoms with Gasteiger partial charge in [-0.1, -0.05) is 25.1 Å². The first-order valence-electron chi connectivity index (χ1n) is 5.02. The van der Waals surface area contributed by atoms with E-state index in [1.165, 1.54) is 0 Å². The molecule has 0 bridgehead atoms. The molecule has 0 unspecified atom stereocenters. The molecule has 0 aliphatic carbocycles. The highest BCUT2D eigenvalue weighted by Crippen LogP contribution is 2.08. The van der Waals surface area contributed by atoms with E-state index in [0.29, 0.717) is 12.1 Å². The van der Waals surface area contributed by atoms with Crippen LogP contribution in [-0.4, -0.2) is 12.5 Å². The van der Waals surface area contributed by atoms with Gasteiger partial charge in [-0.15, -0.1) is 0 Å². The molecule has 0 fully saturated rings. The lowest BCUT2D eigenvalue weighted by atomic mass is 10.0. The minimum atomic E-state index is -0.0947. The molecular formula is C12H14N2O. The fourth-order valence-electron chi connectivity index (χ4n) is 1.31. The molecule has 0 atom stereocenters. The topological polar surface area (TPSA) is 52.9 Å². The summed E-state index contributed by atoms with van der Waals surface area (Å²) in [6.07, 6.45) is 1.18. The van der Waals surface area contributed by atoms with Gasteiger partial charge in [0.1, 0.15) is 0 Å². The Morgan fingerprint density at radius 2 is 2.20 bits per heavy atom. The summed E-state index contributed by atoms with van der Waals surface area (Å²) in [7, 11) is 0.